The number of aryl methyl sites for hydroxylation is 3. The minimum Gasteiger partial charge on any atom is -0.379 e. The monoisotopic (exact) mass is 274 g/mol. The van der Waals surface area contributed by atoms with Crippen LogP contribution in [0.3, 0.4) is 0 Å². The van der Waals surface area contributed by atoms with E-state index in [4.69, 9.17) is 0 Å². The maximum absolute atomic E-state index is 11.4. The second kappa shape index (κ2) is 5.53. The van der Waals surface area contributed by atoms with E-state index in [1.807, 2.05) is 6.92 Å². The smallest absolute Gasteiger partial charge is 0.171 e. The van der Waals surface area contributed by atoms with Crippen molar-refractivity contribution in [1.29, 1.82) is 0 Å². The first-order valence-corrected chi connectivity index (χ1v) is 7.07. The van der Waals surface area contributed by atoms with Crippen molar-refractivity contribution in [3.05, 3.63) is 44.9 Å². The van der Waals surface area contributed by atoms with Crippen molar-refractivity contribution in [3.63, 3.8) is 0 Å². The molecule has 0 aliphatic heterocycles. The summed E-state index contributed by atoms with van der Waals surface area (Å²) in [6.07, 6.45) is 0. The molecule has 2 rings (SSSR count). The Bertz CT molecular complexity index is 596. The average molecular weight is 274 g/mol. The van der Waals surface area contributed by atoms with E-state index in [-0.39, 0.29) is 5.78 Å². The number of nitrogens with one attached hydrogen (secondary N) is 1. The molecule has 0 aliphatic carbocycles. The maximum atomic E-state index is 11.4. The molecule has 19 heavy (non-hydrogen) atoms. The van der Waals surface area contributed by atoms with E-state index < -0.39 is 0 Å². The third kappa shape index (κ3) is 3.41. The molecule has 0 fully saturated rings. The SMILES string of the molecule is CC(=O)c1sc(CNc2cc(C)cc(C)c2)nc1C. The van der Waals surface area contributed by atoms with E-state index in [1.165, 1.54) is 22.5 Å². The first-order chi connectivity index (χ1) is 8.95. The summed E-state index contributed by atoms with van der Waals surface area (Å²) in [7, 11) is 0. The quantitative estimate of drug-likeness (QED) is 0.860. The molecule has 0 aliphatic rings. The molecule has 0 saturated carbocycles. The van der Waals surface area contributed by atoms with E-state index in [9.17, 15) is 4.79 Å². The maximum Gasteiger partial charge on any atom is 0.171 e. The molecule has 1 N–H and O–H groups in total. The molecule has 0 atom stereocenters. The van der Waals surface area contributed by atoms with Crippen LogP contribution < -0.4 is 5.32 Å². The van der Waals surface area contributed by atoms with Gasteiger partial charge in [0, 0.05) is 12.6 Å². The zero-order valence-electron chi connectivity index (χ0n) is 11.7. The zero-order chi connectivity index (χ0) is 14.0. The van der Waals surface area contributed by atoms with Crippen LogP contribution in [-0.4, -0.2) is 10.8 Å². The van der Waals surface area contributed by atoms with Gasteiger partial charge in [0.25, 0.3) is 0 Å². The molecule has 0 radical (unpaired) electrons. The Hall–Kier alpha value is -1.68. The van der Waals surface area contributed by atoms with Crippen molar-refractivity contribution in [2.24, 2.45) is 0 Å². The van der Waals surface area contributed by atoms with Gasteiger partial charge in [-0.3, -0.25) is 4.79 Å². The second-order valence-corrected chi connectivity index (χ2v) is 5.89. The number of carbonyl (C=O) groups excluding carboxylic acids is 1. The summed E-state index contributed by atoms with van der Waals surface area (Å²) in [5, 5.41) is 4.30. The number of benzene rings is 1. The number of thiazole rings is 1. The average Bonchev–Trinajstić information content (AvgIpc) is 2.67. The van der Waals surface area contributed by atoms with Gasteiger partial charge in [-0.25, -0.2) is 4.98 Å². The topological polar surface area (TPSA) is 42.0 Å². The van der Waals surface area contributed by atoms with Gasteiger partial charge >= 0.3 is 0 Å². The molecule has 1 aromatic carbocycles. The second-order valence-electron chi connectivity index (χ2n) is 4.81. The normalized spacial score (nSPS) is 10.5. The molecule has 2 aromatic rings. The Labute approximate surface area is 117 Å². The highest BCUT2D eigenvalue weighted by Crippen LogP contribution is 2.20. The highest BCUT2D eigenvalue weighted by molar-refractivity contribution is 7.13. The standard InChI is InChI=1S/C15H18N2OS/c1-9-5-10(2)7-13(6-9)16-8-14-17-11(3)15(19-14)12(4)18/h5-7,16H,8H2,1-4H3. The van der Waals surface area contributed by atoms with Crippen molar-refractivity contribution >= 4 is 22.8 Å². The minimum absolute atomic E-state index is 0.0904. The fourth-order valence-corrected chi connectivity index (χ4v) is 3.01. The fraction of sp³-hybridized carbons (Fsp3) is 0.333. The third-order valence-corrected chi connectivity index (χ3v) is 4.08. The summed E-state index contributed by atoms with van der Waals surface area (Å²) in [5.41, 5.74) is 4.40. The van der Waals surface area contributed by atoms with Crippen molar-refractivity contribution in [3.8, 4) is 0 Å². The van der Waals surface area contributed by atoms with Crippen LogP contribution in [0.25, 0.3) is 0 Å². The molecular formula is C15H18N2OS. The van der Waals surface area contributed by atoms with E-state index in [0.717, 1.165) is 21.3 Å². The molecule has 0 saturated heterocycles. The lowest BCUT2D eigenvalue weighted by atomic mass is 10.1. The zero-order valence-corrected chi connectivity index (χ0v) is 12.5. The van der Waals surface area contributed by atoms with Gasteiger partial charge in [-0.05, 0) is 44.0 Å². The van der Waals surface area contributed by atoms with Crippen molar-refractivity contribution < 1.29 is 4.79 Å². The predicted molar refractivity (Wildman–Crippen MR) is 80.1 cm³/mol. The fourth-order valence-electron chi connectivity index (χ4n) is 2.11. The Kier molecular flexibility index (Phi) is 4.00. The van der Waals surface area contributed by atoms with Crippen molar-refractivity contribution in [2.45, 2.75) is 34.2 Å². The van der Waals surface area contributed by atoms with Crippen LogP contribution in [0.15, 0.2) is 18.2 Å². The molecule has 1 aromatic heterocycles. The molecule has 4 heteroatoms. The number of hydrogen-bond acceptors (Lipinski definition) is 4. The van der Waals surface area contributed by atoms with Crippen LogP contribution in [0.4, 0.5) is 5.69 Å². The van der Waals surface area contributed by atoms with Gasteiger partial charge in [-0.15, -0.1) is 11.3 Å². The Morgan fingerprint density at radius 2 is 1.84 bits per heavy atom. The van der Waals surface area contributed by atoms with E-state index in [1.54, 1.807) is 6.92 Å². The predicted octanol–water partition coefficient (Wildman–Crippen LogP) is 3.88. The van der Waals surface area contributed by atoms with Gasteiger partial charge < -0.3 is 5.32 Å². The summed E-state index contributed by atoms with van der Waals surface area (Å²) in [5.74, 6) is 0.0904. The number of Topliss-reactive ketones (excluding diaryl/α,β-unsaturated/α-hetero) is 1. The Morgan fingerprint density at radius 3 is 2.37 bits per heavy atom. The first kappa shape index (κ1) is 13.7. The first-order valence-electron chi connectivity index (χ1n) is 6.25. The van der Waals surface area contributed by atoms with Gasteiger partial charge in [-0.2, -0.15) is 0 Å². The van der Waals surface area contributed by atoms with Crippen LogP contribution in [0.5, 0.6) is 0 Å². The highest BCUT2D eigenvalue weighted by Gasteiger charge is 2.11. The molecular weight excluding hydrogens is 256 g/mol. The van der Waals surface area contributed by atoms with Crippen molar-refractivity contribution in [1.82, 2.24) is 4.98 Å². The van der Waals surface area contributed by atoms with Gasteiger partial charge in [0.1, 0.15) is 5.01 Å². The van der Waals surface area contributed by atoms with Gasteiger partial charge in [0.2, 0.25) is 0 Å². The molecule has 0 spiro atoms. The number of nitrogens with zero attached hydrogens (tertiary/aromatic N) is 1. The van der Waals surface area contributed by atoms with Gasteiger partial charge in [0.05, 0.1) is 17.1 Å². The van der Waals surface area contributed by atoms with E-state index in [2.05, 4.69) is 42.3 Å². The van der Waals surface area contributed by atoms with E-state index in [0.29, 0.717) is 6.54 Å². The van der Waals surface area contributed by atoms with E-state index >= 15 is 0 Å². The minimum atomic E-state index is 0.0904. The highest BCUT2D eigenvalue weighted by atomic mass is 32.1. The lowest BCUT2D eigenvalue weighted by Crippen LogP contribution is -1.99. The summed E-state index contributed by atoms with van der Waals surface area (Å²) < 4.78 is 0. The number of carbonyl (C=O) groups is 1. The molecule has 3 nitrogen and oxygen atoms in total. The van der Waals surface area contributed by atoms with Crippen LogP contribution in [0.1, 0.15) is 38.4 Å². The van der Waals surface area contributed by atoms with Crippen molar-refractivity contribution in [2.75, 3.05) is 5.32 Å². The number of aromatic nitrogens is 1. The molecule has 0 bridgehead atoms. The summed E-state index contributed by atoms with van der Waals surface area (Å²) in [6.45, 7) is 8.29. The summed E-state index contributed by atoms with van der Waals surface area (Å²) in [6, 6.07) is 6.37. The molecule has 0 amide bonds. The van der Waals surface area contributed by atoms with Crippen LogP contribution in [0.2, 0.25) is 0 Å². The number of anilines is 1. The largest absolute Gasteiger partial charge is 0.379 e. The third-order valence-electron chi connectivity index (χ3n) is 2.83. The number of rotatable bonds is 4. The van der Waals surface area contributed by atoms with Crippen LogP contribution >= 0.6 is 11.3 Å². The number of hydrogen-bond donors (Lipinski definition) is 1. The molecule has 100 valence electrons. The number of ketones is 1. The summed E-state index contributed by atoms with van der Waals surface area (Å²) in [4.78, 5) is 16.6. The molecule has 1 heterocycles. The molecule has 0 unspecified atom stereocenters. The van der Waals surface area contributed by atoms with Crippen LogP contribution in [0, 0.1) is 20.8 Å². The Morgan fingerprint density at radius 1 is 1.21 bits per heavy atom. The Balaban J connectivity index is 2.10. The van der Waals surface area contributed by atoms with Gasteiger partial charge in [0.15, 0.2) is 5.78 Å². The summed E-state index contributed by atoms with van der Waals surface area (Å²) >= 11 is 1.47. The lowest BCUT2D eigenvalue weighted by Gasteiger charge is -2.06. The lowest BCUT2D eigenvalue weighted by molar-refractivity contribution is 0.102. The van der Waals surface area contributed by atoms with Crippen LogP contribution in [-0.2, 0) is 6.54 Å². The van der Waals surface area contributed by atoms with Gasteiger partial charge in [-0.1, -0.05) is 6.07 Å².